The van der Waals surface area contributed by atoms with Crippen molar-refractivity contribution in [3.63, 3.8) is 0 Å². The summed E-state index contributed by atoms with van der Waals surface area (Å²) in [7, 11) is 0. The molecule has 0 bridgehead atoms. The van der Waals surface area contributed by atoms with Crippen LogP contribution in [0.4, 0.5) is 18.9 Å². The fourth-order valence-corrected chi connectivity index (χ4v) is 3.27. The number of carbonyl (C=O) groups is 1. The van der Waals surface area contributed by atoms with Crippen LogP contribution >= 0.6 is 11.3 Å². The number of thiazole rings is 1. The van der Waals surface area contributed by atoms with Crippen LogP contribution in [0, 0.1) is 0 Å². The van der Waals surface area contributed by atoms with E-state index in [9.17, 15) is 18.0 Å². The number of carbonyl (C=O) groups excluding carboxylic acids is 1. The number of aromatic nitrogens is 3. The van der Waals surface area contributed by atoms with Crippen molar-refractivity contribution in [1.82, 2.24) is 14.8 Å². The van der Waals surface area contributed by atoms with Gasteiger partial charge < -0.3 is 5.32 Å². The topological polar surface area (TPSA) is 59.8 Å². The van der Waals surface area contributed by atoms with E-state index in [1.807, 2.05) is 5.38 Å². The molecule has 1 saturated carbocycles. The molecule has 1 fully saturated rings. The minimum atomic E-state index is -4.48. The van der Waals surface area contributed by atoms with Gasteiger partial charge in [-0.1, -0.05) is 0 Å². The van der Waals surface area contributed by atoms with Gasteiger partial charge in [-0.2, -0.15) is 18.3 Å². The zero-order chi connectivity index (χ0) is 19.7. The minimum Gasteiger partial charge on any atom is -0.323 e. The molecule has 0 spiro atoms. The van der Waals surface area contributed by atoms with E-state index < -0.39 is 11.9 Å². The summed E-state index contributed by atoms with van der Waals surface area (Å²) in [6.45, 7) is 0. The third kappa shape index (κ3) is 4.14. The van der Waals surface area contributed by atoms with E-state index in [0.717, 1.165) is 23.9 Å². The van der Waals surface area contributed by atoms with Gasteiger partial charge in [-0.25, -0.2) is 9.67 Å². The first-order valence-electron chi connectivity index (χ1n) is 8.56. The van der Waals surface area contributed by atoms with Crippen molar-refractivity contribution >= 4 is 29.0 Å². The van der Waals surface area contributed by atoms with Crippen molar-refractivity contribution in [2.24, 2.45) is 0 Å². The Morgan fingerprint density at radius 2 is 2.00 bits per heavy atom. The normalized spacial score (nSPS) is 14.5. The summed E-state index contributed by atoms with van der Waals surface area (Å²) in [5.41, 5.74) is 0.733. The molecule has 4 rings (SSSR count). The third-order valence-electron chi connectivity index (χ3n) is 4.23. The van der Waals surface area contributed by atoms with Crippen molar-refractivity contribution in [1.29, 1.82) is 0 Å². The summed E-state index contributed by atoms with van der Waals surface area (Å²) in [6, 6.07) is 7.67. The molecule has 1 aliphatic carbocycles. The number of hydrogen-bond donors (Lipinski definition) is 1. The molecule has 9 heteroatoms. The molecule has 2 heterocycles. The standard InChI is InChI=1S/C19H15F3N4OS/c20-19(21,22)16-11-15(12-1-2-12)26(25-16)14-5-3-13(4-6-14)24-17(27)7-8-18-23-9-10-28-18/h3-12H,1-2H2,(H,24,27)/b8-7+. The molecular weight excluding hydrogens is 389 g/mol. The maximum absolute atomic E-state index is 13.0. The van der Waals surface area contributed by atoms with Crippen LogP contribution in [-0.4, -0.2) is 20.7 Å². The average Bonchev–Trinajstić information content (AvgIpc) is 3.18. The SMILES string of the molecule is O=C(/C=C/c1nccs1)Nc1ccc(-n2nc(C(F)(F)F)cc2C2CC2)cc1. The number of nitrogens with zero attached hydrogens (tertiary/aromatic N) is 3. The summed E-state index contributed by atoms with van der Waals surface area (Å²) in [6.07, 6.45) is 1.88. The molecule has 1 aromatic carbocycles. The highest BCUT2D eigenvalue weighted by Gasteiger charge is 2.38. The van der Waals surface area contributed by atoms with Crippen LogP contribution in [0.5, 0.6) is 0 Å². The first-order chi connectivity index (χ1) is 13.4. The van der Waals surface area contributed by atoms with Crippen molar-refractivity contribution in [2.75, 3.05) is 5.32 Å². The second-order valence-electron chi connectivity index (χ2n) is 6.38. The van der Waals surface area contributed by atoms with Gasteiger partial charge in [-0.15, -0.1) is 11.3 Å². The molecule has 0 radical (unpaired) electrons. The summed E-state index contributed by atoms with van der Waals surface area (Å²) in [5.74, 6) is -0.209. The largest absolute Gasteiger partial charge is 0.435 e. The number of anilines is 1. The Bertz CT molecular complexity index is 1000. The van der Waals surface area contributed by atoms with Crippen LogP contribution in [-0.2, 0) is 11.0 Å². The molecule has 0 aliphatic heterocycles. The molecular formula is C19H15F3N4OS. The van der Waals surface area contributed by atoms with E-state index in [0.29, 0.717) is 17.1 Å². The highest BCUT2D eigenvalue weighted by Crippen LogP contribution is 2.43. The van der Waals surface area contributed by atoms with E-state index in [2.05, 4.69) is 15.4 Å². The van der Waals surface area contributed by atoms with E-state index in [1.165, 1.54) is 22.1 Å². The van der Waals surface area contributed by atoms with Crippen molar-refractivity contribution in [3.05, 3.63) is 64.4 Å². The predicted molar refractivity (Wildman–Crippen MR) is 100 cm³/mol. The molecule has 0 atom stereocenters. The van der Waals surface area contributed by atoms with Crippen LogP contribution < -0.4 is 5.32 Å². The second kappa shape index (κ2) is 7.23. The van der Waals surface area contributed by atoms with Crippen LogP contribution in [0.15, 0.2) is 48.0 Å². The van der Waals surface area contributed by atoms with E-state index >= 15 is 0 Å². The van der Waals surface area contributed by atoms with Gasteiger partial charge in [0.25, 0.3) is 0 Å². The Kier molecular flexibility index (Phi) is 4.76. The average molecular weight is 404 g/mol. The van der Waals surface area contributed by atoms with Gasteiger partial charge in [0.1, 0.15) is 5.01 Å². The lowest BCUT2D eigenvalue weighted by Crippen LogP contribution is -2.09. The maximum Gasteiger partial charge on any atom is 0.435 e. The fraction of sp³-hybridized carbons (Fsp3) is 0.211. The van der Waals surface area contributed by atoms with Crippen LogP contribution in [0.1, 0.15) is 35.2 Å². The number of rotatable bonds is 5. The molecule has 0 saturated heterocycles. The van der Waals surface area contributed by atoms with Gasteiger partial charge in [0, 0.05) is 35.0 Å². The van der Waals surface area contributed by atoms with Gasteiger partial charge in [-0.3, -0.25) is 4.79 Å². The Labute approximate surface area is 162 Å². The first kappa shape index (κ1) is 18.4. The Morgan fingerprint density at radius 3 is 2.61 bits per heavy atom. The molecule has 1 N–H and O–H groups in total. The zero-order valence-electron chi connectivity index (χ0n) is 14.5. The predicted octanol–water partition coefficient (Wildman–Crippen LogP) is 4.88. The first-order valence-corrected chi connectivity index (χ1v) is 9.44. The molecule has 144 valence electrons. The van der Waals surface area contributed by atoms with E-state index in [4.69, 9.17) is 0 Å². The molecule has 5 nitrogen and oxygen atoms in total. The van der Waals surface area contributed by atoms with E-state index in [1.54, 1.807) is 36.5 Å². The number of hydrogen-bond acceptors (Lipinski definition) is 4. The molecule has 0 unspecified atom stereocenters. The summed E-state index contributed by atoms with van der Waals surface area (Å²) < 4.78 is 40.4. The summed E-state index contributed by atoms with van der Waals surface area (Å²) in [4.78, 5) is 16.0. The molecule has 1 aliphatic rings. The van der Waals surface area contributed by atoms with Crippen LogP contribution in [0.2, 0.25) is 0 Å². The van der Waals surface area contributed by atoms with Gasteiger partial charge >= 0.3 is 6.18 Å². The molecule has 1 amide bonds. The number of benzene rings is 1. The highest BCUT2D eigenvalue weighted by molar-refractivity contribution is 7.10. The lowest BCUT2D eigenvalue weighted by Gasteiger charge is -2.08. The monoisotopic (exact) mass is 404 g/mol. The quantitative estimate of drug-likeness (QED) is 0.617. The maximum atomic E-state index is 13.0. The summed E-state index contributed by atoms with van der Waals surface area (Å²) in [5, 5.41) is 8.98. The Hall–Kier alpha value is -2.94. The number of halogens is 3. The number of nitrogens with one attached hydrogen (secondary N) is 1. The Balaban J connectivity index is 1.50. The lowest BCUT2D eigenvalue weighted by molar-refractivity contribution is -0.141. The smallest absolute Gasteiger partial charge is 0.323 e. The zero-order valence-corrected chi connectivity index (χ0v) is 15.3. The Morgan fingerprint density at radius 1 is 1.25 bits per heavy atom. The molecule has 28 heavy (non-hydrogen) atoms. The molecule has 3 aromatic rings. The van der Waals surface area contributed by atoms with E-state index in [-0.39, 0.29) is 11.8 Å². The van der Waals surface area contributed by atoms with Crippen molar-refractivity contribution in [2.45, 2.75) is 24.9 Å². The van der Waals surface area contributed by atoms with Crippen LogP contribution in [0.25, 0.3) is 11.8 Å². The van der Waals surface area contributed by atoms with Gasteiger partial charge in [0.05, 0.1) is 5.69 Å². The van der Waals surface area contributed by atoms with Gasteiger partial charge in [0.2, 0.25) is 5.91 Å². The second-order valence-corrected chi connectivity index (χ2v) is 7.30. The van der Waals surface area contributed by atoms with Crippen molar-refractivity contribution in [3.8, 4) is 5.69 Å². The van der Waals surface area contributed by atoms with Crippen molar-refractivity contribution < 1.29 is 18.0 Å². The number of amides is 1. The fourth-order valence-electron chi connectivity index (χ4n) is 2.74. The lowest BCUT2D eigenvalue weighted by atomic mass is 10.2. The molecule has 2 aromatic heterocycles. The number of alkyl halides is 3. The van der Waals surface area contributed by atoms with Gasteiger partial charge in [-0.05, 0) is 49.2 Å². The third-order valence-corrected chi connectivity index (χ3v) is 4.97. The minimum absolute atomic E-state index is 0.110. The van der Waals surface area contributed by atoms with Gasteiger partial charge in [0.15, 0.2) is 5.69 Å². The summed E-state index contributed by atoms with van der Waals surface area (Å²) >= 11 is 1.42. The van der Waals surface area contributed by atoms with Crippen LogP contribution in [0.3, 0.4) is 0 Å². The highest BCUT2D eigenvalue weighted by atomic mass is 32.1.